The number of unbranched alkanes of at least 4 members (excludes halogenated alkanes) is 6. The number of nitrogens with zero attached hydrogens (tertiary/aromatic N) is 1. The zero-order valence-electron chi connectivity index (χ0n) is 17.5. The Hall–Kier alpha value is -1.09. The molecule has 0 saturated heterocycles. The number of anilines is 1. The van der Waals surface area contributed by atoms with Crippen molar-refractivity contribution < 1.29 is 0 Å². The van der Waals surface area contributed by atoms with E-state index in [0.29, 0.717) is 5.92 Å². The van der Waals surface area contributed by atoms with Crippen LogP contribution in [0.15, 0.2) is 24.3 Å². The van der Waals surface area contributed by atoms with E-state index in [2.05, 4.69) is 62.2 Å². The van der Waals surface area contributed by atoms with Gasteiger partial charge in [-0.3, -0.25) is 0 Å². The molecule has 1 aromatic carbocycles. The van der Waals surface area contributed by atoms with Crippen molar-refractivity contribution in [1.82, 2.24) is 4.90 Å². The number of hydrogen-bond acceptors (Lipinski definition) is 1. The number of rotatable bonds is 13. The molecule has 1 rings (SSSR count). The first kappa shape index (κ1) is 23.0. The number of nitrogens with one attached hydrogen (secondary N) is 1. The summed E-state index contributed by atoms with van der Waals surface area (Å²) in [5.74, 6) is 0.615. The predicted octanol–water partition coefficient (Wildman–Crippen LogP) is 7.36. The lowest BCUT2D eigenvalue weighted by Gasteiger charge is -2.26. The first-order valence-corrected chi connectivity index (χ1v) is 11.2. The van der Waals surface area contributed by atoms with Crippen LogP contribution in [0.25, 0.3) is 0 Å². The van der Waals surface area contributed by atoms with Crippen molar-refractivity contribution in [3.8, 4) is 0 Å². The second kappa shape index (κ2) is 14.0. The molecule has 1 N–H and O–H groups in total. The Kier molecular flexibility index (Phi) is 12.4. The fourth-order valence-corrected chi connectivity index (χ4v) is 3.41. The molecule has 0 bridgehead atoms. The van der Waals surface area contributed by atoms with Crippen molar-refractivity contribution in [2.45, 2.75) is 91.4 Å². The minimum Gasteiger partial charge on any atom is -0.349 e. The highest BCUT2D eigenvalue weighted by molar-refractivity contribution is 7.80. The normalized spacial score (nSPS) is 12.0. The average molecular weight is 377 g/mol. The van der Waals surface area contributed by atoms with E-state index in [1.54, 1.807) is 0 Å². The summed E-state index contributed by atoms with van der Waals surface area (Å²) in [6.45, 7) is 11.2. The highest BCUT2D eigenvalue weighted by atomic mass is 32.1. The first-order valence-electron chi connectivity index (χ1n) is 10.8. The van der Waals surface area contributed by atoms with Crippen molar-refractivity contribution in [3.63, 3.8) is 0 Å². The smallest absolute Gasteiger partial charge is 0.173 e. The van der Waals surface area contributed by atoms with Gasteiger partial charge >= 0.3 is 0 Å². The second-order valence-electron chi connectivity index (χ2n) is 7.47. The third-order valence-electron chi connectivity index (χ3n) is 5.19. The molecule has 0 saturated carbocycles. The van der Waals surface area contributed by atoms with E-state index in [4.69, 9.17) is 12.2 Å². The van der Waals surface area contributed by atoms with Crippen molar-refractivity contribution in [2.75, 3.05) is 18.4 Å². The minimum atomic E-state index is 0.615. The van der Waals surface area contributed by atoms with E-state index >= 15 is 0 Å². The number of hydrogen-bond donors (Lipinski definition) is 1. The van der Waals surface area contributed by atoms with E-state index < -0.39 is 0 Å². The lowest BCUT2D eigenvalue weighted by atomic mass is 9.99. The molecule has 0 amide bonds. The fourth-order valence-electron chi connectivity index (χ4n) is 3.11. The maximum atomic E-state index is 5.74. The van der Waals surface area contributed by atoms with Gasteiger partial charge in [-0.25, -0.2) is 0 Å². The van der Waals surface area contributed by atoms with Gasteiger partial charge in [0.25, 0.3) is 0 Å². The van der Waals surface area contributed by atoms with Crippen molar-refractivity contribution in [2.24, 2.45) is 0 Å². The zero-order valence-corrected chi connectivity index (χ0v) is 18.3. The van der Waals surface area contributed by atoms with Crippen LogP contribution in [0, 0.1) is 0 Å². The summed E-state index contributed by atoms with van der Waals surface area (Å²) < 4.78 is 0. The summed E-state index contributed by atoms with van der Waals surface area (Å²) in [5, 5.41) is 4.35. The molecule has 26 heavy (non-hydrogen) atoms. The highest BCUT2D eigenvalue weighted by Crippen LogP contribution is 2.20. The van der Waals surface area contributed by atoms with Gasteiger partial charge in [-0.15, -0.1) is 0 Å². The van der Waals surface area contributed by atoms with Gasteiger partial charge in [0.2, 0.25) is 0 Å². The molecule has 0 aliphatic heterocycles. The Labute approximate surface area is 167 Å². The zero-order chi connectivity index (χ0) is 19.2. The first-order chi connectivity index (χ1) is 12.6. The van der Waals surface area contributed by atoms with Gasteiger partial charge in [0.05, 0.1) is 0 Å². The van der Waals surface area contributed by atoms with Crippen LogP contribution in [-0.4, -0.2) is 23.1 Å². The molecule has 148 valence electrons. The molecule has 2 nitrogen and oxygen atoms in total. The third kappa shape index (κ3) is 9.02. The molecule has 0 radical (unpaired) electrons. The molecule has 1 aromatic rings. The van der Waals surface area contributed by atoms with E-state index in [9.17, 15) is 0 Å². The Morgan fingerprint density at radius 3 is 1.88 bits per heavy atom. The van der Waals surface area contributed by atoms with Gasteiger partial charge in [-0.1, -0.05) is 78.4 Å². The summed E-state index contributed by atoms with van der Waals surface area (Å²) in [5.41, 5.74) is 2.51. The molecule has 0 aromatic heterocycles. The molecule has 1 atom stereocenters. The average Bonchev–Trinajstić information content (AvgIpc) is 2.66. The molecule has 0 aliphatic rings. The molecule has 0 spiro atoms. The van der Waals surface area contributed by atoms with Crippen LogP contribution in [0.4, 0.5) is 5.69 Å². The van der Waals surface area contributed by atoms with Crippen molar-refractivity contribution >= 4 is 23.0 Å². The van der Waals surface area contributed by atoms with Crippen LogP contribution < -0.4 is 5.32 Å². The monoisotopic (exact) mass is 376 g/mol. The van der Waals surface area contributed by atoms with Crippen molar-refractivity contribution in [1.29, 1.82) is 0 Å². The van der Waals surface area contributed by atoms with Crippen LogP contribution in [0.1, 0.15) is 97.0 Å². The number of benzene rings is 1. The van der Waals surface area contributed by atoms with Gasteiger partial charge in [-0.05, 0) is 55.1 Å². The minimum absolute atomic E-state index is 0.615. The lowest BCUT2D eigenvalue weighted by Crippen LogP contribution is -2.36. The Morgan fingerprint density at radius 1 is 0.885 bits per heavy atom. The Balaban J connectivity index is 2.58. The van der Waals surface area contributed by atoms with Crippen LogP contribution in [0.3, 0.4) is 0 Å². The molecule has 3 heteroatoms. The predicted molar refractivity (Wildman–Crippen MR) is 121 cm³/mol. The number of thiocarbonyl (C=S) groups is 1. The van der Waals surface area contributed by atoms with Gasteiger partial charge in [0, 0.05) is 18.8 Å². The maximum absolute atomic E-state index is 5.74. The summed E-state index contributed by atoms with van der Waals surface area (Å²) >= 11 is 5.74. The van der Waals surface area contributed by atoms with E-state index in [1.807, 2.05) is 0 Å². The quantitative estimate of drug-likeness (QED) is 0.286. The van der Waals surface area contributed by atoms with Crippen LogP contribution in [0.2, 0.25) is 0 Å². The summed E-state index contributed by atoms with van der Waals surface area (Å²) in [7, 11) is 0. The summed E-state index contributed by atoms with van der Waals surface area (Å²) in [6, 6.07) is 8.79. The summed E-state index contributed by atoms with van der Waals surface area (Å²) in [6.07, 6.45) is 11.4. The highest BCUT2D eigenvalue weighted by Gasteiger charge is 2.10. The Morgan fingerprint density at radius 2 is 1.42 bits per heavy atom. The molecule has 0 heterocycles. The summed E-state index contributed by atoms with van der Waals surface area (Å²) in [4.78, 5) is 2.38. The van der Waals surface area contributed by atoms with Gasteiger partial charge in [-0.2, -0.15) is 0 Å². The van der Waals surface area contributed by atoms with Crippen LogP contribution >= 0.6 is 12.2 Å². The second-order valence-corrected chi connectivity index (χ2v) is 7.86. The third-order valence-corrected chi connectivity index (χ3v) is 5.55. The molecule has 0 aliphatic carbocycles. The fraction of sp³-hybridized carbons (Fsp3) is 0.696. The Bertz CT molecular complexity index is 471. The molecule has 1 unspecified atom stereocenters. The van der Waals surface area contributed by atoms with E-state index in [-0.39, 0.29) is 0 Å². The molecular weight excluding hydrogens is 336 g/mol. The largest absolute Gasteiger partial charge is 0.349 e. The lowest BCUT2D eigenvalue weighted by molar-refractivity contribution is 0.391. The molecule has 0 fully saturated rings. The van der Waals surface area contributed by atoms with Crippen molar-refractivity contribution in [3.05, 3.63) is 29.8 Å². The van der Waals surface area contributed by atoms with Crippen LogP contribution in [-0.2, 0) is 0 Å². The van der Waals surface area contributed by atoms with Gasteiger partial charge in [0.15, 0.2) is 5.11 Å². The standard InChI is InChI=1S/C23H40N2S/c1-5-8-10-12-18-25(19-13-11-9-6-2)23(26)24-22-16-14-21(15-17-22)20(4)7-3/h14-17,20H,5-13,18-19H2,1-4H3,(H,24,26). The van der Waals surface area contributed by atoms with E-state index in [1.165, 1.54) is 63.4 Å². The maximum Gasteiger partial charge on any atom is 0.173 e. The van der Waals surface area contributed by atoms with Gasteiger partial charge < -0.3 is 10.2 Å². The van der Waals surface area contributed by atoms with E-state index in [0.717, 1.165) is 23.9 Å². The van der Waals surface area contributed by atoms with Gasteiger partial charge in [0.1, 0.15) is 0 Å². The SMILES string of the molecule is CCCCCCN(CCCCCC)C(=S)Nc1ccc(C(C)CC)cc1. The molecular formula is C23H40N2S. The topological polar surface area (TPSA) is 15.3 Å². The van der Waals surface area contributed by atoms with Crippen LogP contribution in [0.5, 0.6) is 0 Å².